The van der Waals surface area contributed by atoms with Crippen molar-refractivity contribution in [2.75, 3.05) is 26.6 Å². The van der Waals surface area contributed by atoms with E-state index in [1.807, 2.05) is 0 Å². The van der Waals surface area contributed by atoms with Crippen LogP contribution in [0, 0.1) is 0 Å². The molecular formula is C17H16ClN5O4. The monoisotopic (exact) mass is 389 g/mol. The molecule has 0 aliphatic carbocycles. The van der Waals surface area contributed by atoms with Gasteiger partial charge in [-0.3, -0.25) is 4.79 Å². The molecule has 1 N–H and O–H groups in total. The van der Waals surface area contributed by atoms with Crippen molar-refractivity contribution in [3.63, 3.8) is 0 Å². The number of halogens is 1. The number of tetrazole rings is 1. The molecule has 3 aromatic rings. The predicted molar refractivity (Wildman–Crippen MR) is 98.2 cm³/mol. The number of hydrogen-bond acceptors (Lipinski definition) is 7. The fourth-order valence-corrected chi connectivity index (χ4v) is 2.68. The van der Waals surface area contributed by atoms with Crippen LogP contribution in [0.25, 0.3) is 5.69 Å². The number of aromatic nitrogens is 4. The molecule has 0 saturated carbocycles. The standard InChI is InChI=1S/C17H16ClN5O4/c1-25-14-7-11(8-15(26-2)16(14)27-3)20-17(24)12-5-4-10(18)6-13(12)23-9-19-21-22-23/h4-9H,1-3H3,(H,20,24). The number of nitrogens with one attached hydrogen (secondary N) is 1. The summed E-state index contributed by atoms with van der Waals surface area (Å²) in [5.74, 6) is 0.887. The number of hydrogen-bond donors (Lipinski definition) is 1. The van der Waals surface area contributed by atoms with Crippen LogP contribution in [0.5, 0.6) is 17.2 Å². The van der Waals surface area contributed by atoms with Crippen molar-refractivity contribution >= 4 is 23.2 Å². The molecule has 9 nitrogen and oxygen atoms in total. The number of benzene rings is 2. The van der Waals surface area contributed by atoms with E-state index < -0.39 is 0 Å². The molecule has 3 rings (SSSR count). The third-order valence-electron chi connectivity index (χ3n) is 3.72. The van der Waals surface area contributed by atoms with Crippen LogP contribution in [0.3, 0.4) is 0 Å². The van der Waals surface area contributed by atoms with Gasteiger partial charge in [0.2, 0.25) is 5.75 Å². The molecule has 10 heteroatoms. The van der Waals surface area contributed by atoms with Crippen LogP contribution in [-0.2, 0) is 0 Å². The minimum absolute atomic E-state index is 0.334. The van der Waals surface area contributed by atoms with E-state index >= 15 is 0 Å². The number of amides is 1. The highest BCUT2D eigenvalue weighted by molar-refractivity contribution is 6.31. The van der Waals surface area contributed by atoms with Gasteiger partial charge in [-0.25, -0.2) is 0 Å². The fraction of sp³-hybridized carbons (Fsp3) is 0.176. The van der Waals surface area contributed by atoms with Crippen molar-refractivity contribution in [1.82, 2.24) is 20.2 Å². The van der Waals surface area contributed by atoms with Gasteiger partial charge in [0.25, 0.3) is 5.91 Å². The number of methoxy groups -OCH3 is 3. The van der Waals surface area contributed by atoms with Crippen LogP contribution in [0.15, 0.2) is 36.7 Å². The Kier molecular flexibility index (Phi) is 5.41. The van der Waals surface area contributed by atoms with Gasteiger partial charge in [0.1, 0.15) is 6.33 Å². The van der Waals surface area contributed by atoms with E-state index in [1.165, 1.54) is 32.3 Å². The summed E-state index contributed by atoms with van der Waals surface area (Å²) in [4.78, 5) is 12.8. The van der Waals surface area contributed by atoms with Gasteiger partial charge in [-0.05, 0) is 28.6 Å². The first-order valence-electron chi connectivity index (χ1n) is 7.71. The van der Waals surface area contributed by atoms with Crippen molar-refractivity contribution in [1.29, 1.82) is 0 Å². The fourth-order valence-electron chi connectivity index (χ4n) is 2.51. The molecule has 0 atom stereocenters. The highest BCUT2D eigenvalue weighted by atomic mass is 35.5. The van der Waals surface area contributed by atoms with Gasteiger partial charge < -0.3 is 19.5 Å². The Morgan fingerprint density at radius 3 is 2.33 bits per heavy atom. The number of rotatable bonds is 6. The number of anilines is 1. The second-order valence-corrected chi connectivity index (χ2v) is 5.72. The van der Waals surface area contributed by atoms with Crippen LogP contribution < -0.4 is 19.5 Å². The largest absolute Gasteiger partial charge is 0.493 e. The first-order valence-corrected chi connectivity index (χ1v) is 8.09. The molecule has 1 heterocycles. The van der Waals surface area contributed by atoms with E-state index in [2.05, 4.69) is 20.8 Å². The Morgan fingerprint density at radius 1 is 1.07 bits per heavy atom. The molecule has 0 bridgehead atoms. The van der Waals surface area contributed by atoms with E-state index in [-0.39, 0.29) is 5.91 Å². The van der Waals surface area contributed by atoms with Crippen LogP contribution in [0.1, 0.15) is 10.4 Å². The van der Waals surface area contributed by atoms with Crippen molar-refractivity contribution in [3.05, 3.63) is 47.2 Å². The Morgan fingerprint density at radius 2 is 1.78 bits per heavy atom. The maximum absolute atomic E-state index is 12.8. The average Bonchev–Trinajstić information content (AvgIpc) is 3.21. The molecule has 0 aliphatic heterocycles. The minimum atomic E-state index is -0.383. The summed E-state index contributed by atoms with van der Waals surface area (Å²) in [5, 5.41) is 14.2. The van der Waals surface area contributed by atoms with Gasteiger partial charge in [0.15, 0.2) is 11.5 Å². The molecule has 2 aromatic carbocycles. The lowest BCUT2D eigenvalue weighted by atomic mass is 10.1. The molecule has 0 unspecified atom stereocenters. The van der Waals surface area contributed by atoms with Crippen LogP contribution in [0.4, 0.5) is 5.69 Å². The molecule has 27 heavy (non-hydrogen) atoms. The average molecular weight is 390 g/mol. The zero-order valence-electron chi connectivity index (χ0n) is 14.8. The van der Waals surface area contributed by atoms with E-state index in [0.29, 0.717) is 39.2 Å². The zero-order chi connectivity index (χ0) is 19.4. The number of ether oxygens (including phenoxy) is 3. The summed E-state index contributed by atoms with van der Waals surface area (Å²) in [5.41, 5.74) is 1.24. The number of carbonyl (C=O) groups excluding carboxylic acids is 1. The Hall–Kier alpha value is -3.33. The van der Waals surface area contributed by atoms with Crippen LogP contribution in [0.2, 0.25) is 5.02 Å². The third kappa shape index (κ3) is 3.77. The Balaban J connectivity index is 1.97. The maximum atomic E-state index is 12.8. The zero-order valence-corrected chi connectivity index (χ0v) is 15.5. The van der Waals surface area contributed by atoms with E-state index in [1.54, 1.807) is 30.3 Å². The summed E-state index contributed by atoms with van der Waals surface area (Å²) in [7, 11) is 4.50. The van der Waals surface area contributed by atoms with Crippen LogP contribution >= 0.6 is 11.6 Å². The first-order chi connectivity index (χ1) is 13.1. The molecule has 0 aliphatic rings. The summed E-state index contributed by atoms with van der Waals surface area (Å²) in [6.07, 6.45) is 1.38. The SMILES string of the molecule is COc1cc(NC(=O)c2ccc(Cl)cc2-n2cnnn2)cc(OC)c1OC. The van der Waals surface area contributed by atoms with E-state index in [0.717, 1.165) is 0 Å². The molecule has 140 valence electrons. The smallest absolute Gasteiger partial charge is 0.257 e. The molecule has 1 amide bonds. The highest BCUT2D eigenvalue weighted by Crippen LogP contribution is 2.40. The molecule has 0 fully saturated rings. The normalized spacial score (nSPS) is 10.4. The van der Waals surface area contributed by atoms with Gasteiger partial charge in [0, 0.05) is 22.8 Å². The second kappa shape index (κ2) is 7.92. The topological polar surface area (TPSA) is 100 Å². The lowest BCUT2D eigenvalue weighted by Gasteiger charge is -2.15. The lowest BCUT2D eigenvalue weighted by molar-refractivity contribution is 0.102. The molecule has 0 saturated heterocycles. The molecule has 0 radical (unpaired) electrons. The first kappa shape index (κ1) is 18.5. The summed E-state index contributed by atoms with van der Waals surface area (Å²) in [6, 6.07) is 8.06. The van der Waals surface area contributed by atoms with Gasteiger partial charge in [-0.1, -0.05) is 11.6 Å². The maximum Gasteiger partial charge on any atom is 0.257 e. The summed E-state index contributed by atoms with van der Waals surface area (Å²) in [6.45, 7) is 0. The van der Waals surface area contributed by atoms with Gasteiger partial charge >= 0.3 is 0 Å². The van der Waals surface area contributed by atoms with Gasteiger partial charge in [0.05, 0.1) is 32.6 Å². The van der Waals surface area contributed by atoms with Crippen LogP contribution in [-0.4, -0.2) is 47.4 Å². The lowest BCUT2D eigenvalue weighted by Crippen LogP contribution is -2.15. The Labute approximate surface area is 159 Å². The van der Waals surface area contributed by atoms with Gasteiger partial charge in [-0.15, -0.1) is 5.10 Å². The molecule has 1 aromatic heterocycles. The van der Waals surface area contributed by atoms with Crippen molar-refractivity contribution in [2.45, 2.75) is 0 Å². The summed E-state index contributed by atoms with van der Waals surface area (Å²) >= 11 is 6.05. The Bertz CT molecular complexity index is 937. The number of nitrogens with zero attached hydrogens (tertiary/aromatic N) is 4. The van der Waals surface area contributed by atoms with E-state index in [9.17, 15) is 4.79 Å². The quantitative estimate of drug-likeness (QED) is 0.691. The van der Waals surface area contributed by atoms with Crippen molar-refractivity contribution in [2.24, 2.45) is 0 Å². The van der Waals surface area contributed by atoms with E-state index in [4.69, 9.17) is 25.8 Å². The van der Waals surface area contributed by atoms with Crippen molar-refractivity contribution in [3.8, 4) is 22.9 Å². The molecular weight excluding hydrogens is 374 g/mol. The second-order valence-electron chi connectivity index (χ2n) is 5.28. The summed E-state index contributed by atoms with van der Waals surface area (Å²) < 4.78 is 17.2. The predicted octanol–water partition coefficient (Wildman–Crippen LogP) is 2.59. The van der Waals surface area contributed by atoms with Gasteiger partial charge in [-0.2, -0.15) is 4.68 Å². The molecule has 0 spiro atoms. The highest BCUT2D eigenvalue weighted by Gasteiger charge is 2.18. The number of carbonyl (C=O) groups is 1. The third-order valence-corrected chi connectivity index (χ3v) is 3.96. The van der Waals surface area contributed by atoms with Crippen molar-refractivity contribution < 1.29 is 19.0 Å². The minimum Gasteiger partial charge on any atom is -0.493 e.